The van der Waals surface area contributed by atoms with Gasteiger partial charge < -0.3 is 10.2 Å². The first-order chi connectivity index (χ1) is 8.04. The first-order valence-electron chi connectivity index (χ1n) is 5.45. The Morgan fingerprint density at radius 3 is 3.06 bits per heavy atom. The molecule has 0 unspecified atom stereocenters. The van der Waals surface area contributed by atoms with E-state index >= 15 is 0 Å². The highest BCUT2D eigenvalue weighted by Gasteiger charge is 2.18. The van der Waals surface area contributed by atoms with Crippen LogP contribution in [0.5, 0.6) is 0 Å². The largest absolute Gasteiger partial charge is 0.325 e. The molecular formula is C11H16N4OS. The Morgan fingerprint density at radius 2 is 2.35 bits per heavy atom. The van der Waals surface area contributed by atoms with E-state index in [0.717, 1.165) is 25.2 Å². The summed E-state index contributed by atoms with van der Waals surface area (Å²) < 4.78 is 0. The fourth-order valence-corrected chi connectivity index (χ4v) is 2.78. The molecule has 0 aliphatic carbocycles. The normalized spacial score (nSPS) is 15.2. The second-order valence-electron chi connectivity index (χ2n) is 4.24. The van der Waals surface area contributed by atoms with Crippen molar-refractivity contribution in [2.75, 3.05) is 18.9 Å². The van der Waals surface area contributed by atoms with Crippen LogP contribution < -0.4 is 10.6 Å². The average Bonchev–Trinajstić information content (AvgIpc) is 2.57. The molecule has 6 heteroatoms. The average molecular weight is 252 g/mol. The predicted molar refractivity (Wildman–Crippen MR) is 69.1 cm³/mol. The van der Waals surface area contributed by atoms with Gasteiger partial charge in [0.2, 0.25) is 0 Å². The van der Waals surface area contributed by atoms with Crippen molar-refractivity contribution in [1.82, 2.24) is 15.2 Å². The minimum absolute atomic E-state index is 0.281. The highest BCUT2D eigenvalue weighted by molar-refractivity contribution is 7.15. The molecule has 2 rings (SSSR count). The van der Waals surface area contributed by atoms with Crippen molar-refractivity contribution in [3.63, 3.8) is 0 Å². The standard InChI is InChI=1S/C11H16N4OS/c1-7(2)12-10(16)14-11-13-8-4-5-15(3)6-9(8)17-11/h1,4-6H2,2-3H3,(H2,12,13,14,16). The van der Waals surface area contributed by atoms with Gasteiger partial charge in [-0.25, -0.2) is 9.78 Å². The molecule has 17 heavy (non-hydrogen) atoms. The second kappa shape index (κ2) is 4.85. The number of thiazole rings is 1. The van der Waals surface area contributed by atoms with E-state index in [1.807, 2.05) is 0 Å². The number of rotatable bonds is 2. The molecule has 0 spiro atoms. The maximum atomic E-state index is 11.5. The van der Waals surface area contributed by atoms with Gasteiger partial charge in [-0.1, -0.05) is 6.58 Å². The number of carbonyl (C=O) groups excluding carboxylic acids is 1. The molecule has 2 amide bonds. The molecule has 1 aliphatic rings. The SMILES string of the molecule is C=C(C)NC(=O)Nc1nc2c(s1)CN(C)CC2. The Labute approximate surface area is 105 Å². The molecule has 0 saturated heterocycles. The van der Waals surface area contributed by atoms with Crippen LogP contribution in [0, 0.1) is 0 Å². The lowest BCUT2D eigenvalue weighted by Gasteiger charge is -2.20. The number of aromatic nitrogens is 1. The molecule has 0 aromatic carbocycles. The molecule has 0 bridgehead atoms. The number of fused-ring (bicyclic) bond motifs is 1. The summed E-state index contributed by atoms with van der Waals surface area (Å²) >= 11 is 1.54. The molecule has 1 aromatic heterocycles. The smallest absolute Gasteiger partial charge is 0.312 e. The lowest BCUT2D eigenvalue weighted by molar-refractivity contribution is 0.254. The Kier molecular flexibility index (Phi) is 3.44. The van der Waals surface area contributed by atoms with E-state index in [1.165, 1.54) is 4.88 Å². The third kappa shape index (κ3) is 3.04. The number of amides is 2. The van der Waals surface area contributed by atoms with Crippen molar-refractivity contribution in [2.45, 2.75) is 19.9 Å². The zero-order valence-electron chi connectivity index (χ0n) is 10.0. The van der Waals surface area contributed by atoms with Gasteiger partial charge in [0, 0.05) is 30.1 Å². The van der Waals surface area contributed by atoms with Gasteiger partial charge in [-0.2, -0.15) is 0 Å². The van der Waals surface area contributed by atoms with Crippen molar-refractivity contribution in [3.05, 3.63) is 22.8 Å². The van der Waals surface area contributed by atoms with Gasteiger partial charge in [-0.05, 0) is 14.0 Å². The van der Waals surface area contributed by atoms with Gasteiger partial charge >= 0.3 is 6.03 Å². The van der Waals surface area contributed by atoms with E-state index in [2.05, 4.69) is 34.1 Å². The lowest BCUT2D eigenvalue weighted by Crippen LogP contribution is -2.26. The number of hydrogen-bond donors (Lipinski definition) is 2. The molecular weight excluding hydrogens is 236 g/mol. The molecule has 92 valence electrons. The van der Waals surface area contributed by atoms with Crippen LogP contribution in [0.3, 0.4) is 0 Å². The molecule has 0 saturated carbocycles. The molecule has 0 fully saturated rings. The fourth-order valence-electron chi connectivity index (χ4n) is 1.70. The Balaban J connectivity index is 2.03. The van der Waals surface area contributed by atoms with Crippen LogP contribution >= 0.6 is 11.3 Å². The fraction of sp³-hybridized carbons (Fsp3) is 0.455. The quantitative estimate of drug-likeness (QED) is 0.843. The van der Waals surface area contributed by atoms with E-state index in [4.69, 9.17) is 0 Å². The van der Waals surface area contributed by atoms with Crippen molar-refractivity contribution in [1.29, 1.82) is 0 Å². The minimum Gasteiger partial charge on any atom is -0.312 e. The molecule has 5 nitrogen and oxygen atoms in total. The number of allylic oxidation sites excluding steroid dienone is 1. The summed E-state index contributed by atoms with van der Waals surface area (Å²) in [5, 5.41) is 5.97. The lowest BCUT2D eigenvalue weighted by atomic mass is 10.2. The van der Waals surface area contributed by atoms with Crippen molar-refractivity contribution in [3.8, 4) is 0 Å². The topological polar surface area (TPSA) is 57.3 Å². The first kappa shape index (κ1) is 12.1. The summed E-state index contributed by atoms with van der Waals surface area (Å²) in [6.45, 7) is 7.29. The van der Waals surface area contributed by atoms with Gasteiger partial charge in [0.15, 0.2) is 5.13 Å². The Bertz CT molecular complexity index is 454. The van der Waals surface area contributed by atoms with Crippen LogP contribution in [-0.4, -0.2) is 29.5 Å². The van der Waals surface area contributed by atoms with E-state index in [0.29, 0.717) is 10.8 Å². The number of anilines is 1. The summed E-state index contributed by atoms with van der Waals surface area (Å²) in [4.78, 5) is 19.4. The molecule has 2 N–H and O–H groups in total. The number of likely N-dealkylation sites (N-methyl/N-ethyl adjacent to an activating group) is 1. The third-order valence-electron chi connectivity index (χ3n) is 2.47. The maximum Gasteiger partial charge on any atom is 0.325 e. The van der Waals surface area contributed by atoms with E-state index in [9.17, 15) is 4.79 Å². The van der Waals surface area contributed by atoms with E-state index in [-0.39, 0.29) is 6.03 Å². The molecule has 1 aromatic rings. The molecule has 0 radical (unpaired) electrons. The summed E-state index contributed by atoms with van der Waals surface area (Å²) in [6, 6.07) is -0.281. The summed E-state index contributed by atoms with van der Waals surface area (Å²) in [5.41, 5.74) is 1.72. The van der Waals surface area contributed by atoms with Crippen LogP contribution in [-0.2, 0) is 13.0 Å². The van der Waals surface area contributed by atoms with Crippen LogP contribution in [0.25, 0.3) is 0 Å². The van der Waals surface area contributed by atoms with Crippen LogP contribution in [0.2, 0.25) is 0 Å². The highest BCUT2D eigenvalue weighted by Crippen LogP contribution is 2.27. The Hall–Kier alpha value is -1.40. The van der Waals surface area contributed by atoms with Gasteiger partial charge in [0.25, 0.3) is 0 Å². The molecule has 1 aliphatic heterocycles. The van der Waals surface area contributed by atoms with Crippen LogP contribution in [0.1, 0.15) is 17.5 Å². The van der Waals surface area contributed by atoms with Gasteiger partial charge in [-0.15, -0.1) is 11.3 Å². The third-order valence-corrected chi connectivity index (χ3v) is 3.47. The summed E-state index contributed by atoms with van der Waals surface area (Å²) in [6.07, 6.45) is 0.951. The second-order valence-corrected chi connectivity index (χ2v) is 5.32. The van der Waals surface area contributed by atoms with Gasteiger partial charge in [0.05, 0.1) is 5.69 Å². The van der Waals surface area contributed by atoms with Crippen molar-refractivity contribution < 1.29 is 4.79 Å². The van der Waals surface area contributed by atoms with Crippen LogP contribution in [0.4, 0.5) is 9.93 Å². The number of nitrogens with one attached hydrogen (secondary N) is 2. The number of hydrogen-bond acceptors (Lipinski definition) is 4. The predicted octanol–water partition coefficient (Wildman–Crippen LogP) is 1.79. The highest BCUT2D eigenvalue weighted by atomic mass is 32.1. The summed E-state index contributed by atoms with van der Waals surface area (Å²) in [7, 11) is 2.09. The molecule has 2 heterocycles. The number of nitrogens with zero attached hydrogens (tertiary/aromatic N) is 2. The number of carbonyl (C=O) groups is 1. The summed E-state index contributed by atoms with van der Waals surface area (Å²) in [5.74, 6) is 0. The Morgan fingerprint density at radius 1 is 1.59 bits per heavy atom. The zero-order chi connectivity index (χ0) is 12.4. The monoisotopic (exact) mass is 252 g/mol. The molecule has 0 atom stereocenters. The van der Waals surface area contributed by atoms with Gasteiger partial charge in [-0.3, -0.25) is 5.32 Å². The first-order valence-corrected chi connectivity index (χ1v) is 6.27. The number of urea groups is 1. The van der Waals surface area contributed by atoms with Crippen LogP contribution in [0.15, 0.2) is 12.3 Å². The van der Waals surface area contributed by atoms with Gasteiger partial charge in [0.1, 0.15) is 0 Å². The maximum absolute atomic E-state index is 11.5. The van der Waals surface area contributed by atoms with Crippen molar-refractivity contribution in [2.24, 2.45) is 0 Å². The van der Waals surface area contributed by atoms with Crippen molar-refractivity contribution >= 4 is 22.5 Å². The minimum atomic E-state index is -0.281. The van der Waals surface area contributed by atoms with E-state index in [1.54, 1.807) is 18.3 Å². The van der Waals surface area contributed by atoms with E-state index < -0.39 is 0 Å². The zero-order valence-corrected chi connectivity index (χ0v) is 10.9.